The minimum atomic E-state index is 0.565. The van der Waals surface area contributed by atoms with Crippen molar-refractivity contribution in [2.45, 2.75) is 6.54 Å². The molecule has 0 saturated carbocycles. The zero-order valence-corrected chi connectivity index (χ0v) is 15.5. The second-order valence-electron chi connectivity index (χ2n) is 6.04. The molecule has 0 amide bonds. The highest BCUT2D eigenvalue weighted by molar-refractivity contribution is 6.42. The maximum atomic E-state index is 6.18. The summed E-state index contributed by atoms with van der Waals surface area (Å²) in [7, 11) is 0. The average molecular weight is 379 g/mol. The van der Waals surface area contributed by atoms with Gasteiger partial charge in [-0.05, 0) is 41.5 Å². The molecule has 0 aliphatic carbocycles. The van der Waals surface area contributed by atoms with Crippen LogP contribution >= 0.6 is 23.2 Å². The van der Waals surface area contributed by atoms with Crippen LogP contribution in [0.3, 0.4) is 0 Å². The quantitative estimate of drug-likeness (QED) is 0.393. The predicted octanol–water partition coefficient (Wildman–Crippen LogP) is 6.56. The van der Waals surface area contributed by atoms with Crippen molar-refractivity contribution < 1.29 is 0 Å². The fourth-order valence-electron chi connectivity index (χ4n) is 2.94. The summed E-state index contributed by atoms with van der Waals surface area (Å²) in [5, 5.41) is 1.13. The maximum Gasteiger partial charge on any atom is 0.134 e. The van der Waals surface area contributed by atoms with E-state index in [-0.39, 0.29) is 0 Å². The van der Waals surface area contributed by atoms with Crippen LogP contribution in [-0.4, -0.2) is 9.55 Å². The molecule has 26 heavy (non-hydrogen) atoms. The summed E-state index contributed by atoms with van der Waals surface area (Å²) in [5.41, 5.74) is 4.28. The molecule has 1 aromatic heterocycles. The second kappa shape index (κ2) is 7.36. The Morgan fingerprint density at radius 3 is 2.38 bits per heavy atom. The third-order valence-corrected chi connectivity index (χ3v) is 4.97. The number of para-hydroxylation sites is 2. The molecule has 0 bridgehead atoms. The number of nitrogens with zero attached hydrogens (tertiary/aromatic N) is 2. The number of hydrogen-bond acceptors (Lipinski definition) is 1. The molecule has 4 heteroatoms. The Bertz CT molecular complexity index is 1080. The molecule has 0 fully saturated rings. The Kier molecular flexibility index (Phi) is 4.79. The summed E-state index contributed by atoms with van der Waals surface area (Å²) in [6.07, 6.45) is 4.12. The molecular formula is C22H16Cl2N2. The zero-order chi connectivity index (χ0) is 17.9. The third kappa shape index (κ3) is 3.52. The lowest BCUT2D eigenvalue weighted by Crippen LogP contribution is -2.02. The summed E-state index contributed by atoms with van der Waals surface area (Å²) < 4.78 is 2.19. The van der Waals surface area contributed by atoms with Gasteiger partial charge in [0.25, 0.3) is 0 Å². The van der Waals surface area contributed by atoms with Crippen LogP contribution in [0.1, 0.15) is 17.0 Å². The Balaban J connectivity index is 1.76. The molecular weight excluding hydrogens is 363 g/mol. The van der Waals surface area contributed by atoms with Crippen molar-refractivity contribution >= 4 is 46.4 Å². The van der Waals surface area contributed by atoms with Gasteiger partial charge < -0.3 is 4.57 Å². The number of halogens is 2. The fourth-order valence-corrected chi connectivity index (χ4v) is 3.26. The van der Waals surface area contributed by atoms with Gasteiger partial charge in [0.15, 0.2) is 0 Å². The molecule has 0 saturated heterocycles. The lowest BCUT2D eigenvalue weighted by atomic mass is 10.2. The van der Waals surface area contributed by atoms with Crippen molar-refractivity contribution in [2.75, 3.05) is 0 Å². The molecule has 0 N–H and O–H groups in total. The van der Waals surface area contributed by atoms with Crippen LogP contribution in [0, 0.1) is 0 Å². The number of imidazole rings is 1. The lowest BCUT2D eigenvalue weighted by molar-refractivity contribution is 0.814. The standard InChI is InChI=1S/C22H16Cl2N2/c23-18-12-10-17(14-19(18)24)15-26-21-9-5-4-8-20(21)25-22(26)13-11-16-6-2-1-3-7-16/h1-14H,15H2/b13-11+. The number of fused-ring (bicyclic) bond motifs is 1. The van der Waals surface area contributed by atoms with Gasteiger partial charge in [0.2, 0.25) is 0 Å². The van der Waals surface area contributed by atoms with Crippen LogP contribution in [0.4, 0.5) is 0 Å². The SMILES string of the molecule is Clc1ccc(Cn2c(/C=C/c3ccccc3)nc3ccccc32)cc1Cl. The van der Waals surface area contributed by atoms with Crippen LogP contribution in [0.5, 0.6) is 0 Å². The van der Waals surface area contributed by atoms with E-state index in [9.17, 15) is 0 Å². The molecule has 0 spiro atoms. The van der Waals surface area contributed by atoms with Crippen LogP contribution in [-0.2, 0) is 6.54 Å². The van der Waals surface area contributed by atoms with Crippen molar-refractivity contribution in [1.29, 1.82) is 0 Å². The molecule has 0 aliphatic heterocycles. The first-order valence-electron chi connectivity index (χ1n) is 8.33. The predicted molar refractivity (Wildman–Crippen MR) is 111 cm³/mol. The van der Waals surface area contributed by atoms with Gasteiger partial charge in [-0.3, -0.25) is 0 Å². The first-order valence-corrected chi connectivity index (χ1v) is 9.08. The number of benzene rings is 3. The summed E-state index contributed by atoms with van der Waals surface area (Å²) in [6.45, 7) is 0.672. The Morgan fingerprint density at radius 2 is 1.58 bits per heavy atom. The third-order valence-electron chi connectivity index (χ3n) is 4.23. The van der Waals surface area contributed by atoms with E-state index in [0.717, 1.165) is 28.0 Å². The van der Waals surface area contributed by atoms with Crippen LogP contribution < -0.4 is 0 Å². The van der Waals surface area contributed by atoms with Crippen LogP contribution in [0.25, 0.3) is 23.2 Å². The monoisotopic (exact) mass is 378 g/mol. The van der Waals surface area contributed by atoms with E-state index in [1.807, 2.05) is 60.7 Å². The van der Waals surface area contributed by atoms with Gasteiger partial charge in [-0.15, -0.1) is 0 Å². The second-order valence-corrected chi connectivity index (χ2v) is 6.85. The van der Waals surface area contributed by atoms with Crippen LogP contribution in [0.15, 0.2) is 72.8 Å². The van der Waals surface area contributed by atoms with Crippen molar-refractivity contribution in [3.8, 4) is 0 Å². The first kappa shape index (κ1) is 16.9. The normalized spacial score (nSPS) is 11.5. The largest absolute Gasteiger partial charge is 0.320 e. The van der Waals surface area contributed by atoms with Crippen molar-refractivity contribution in [3.63, 3.8) is 0 Å². The van der Waals surface area contributed by atoms with E-state index in [4.69, 9.17) is 28.2 Å². The summed E-state index contributed by atoms with van der Waals surface area (Å²) in [4.78, 5) is 4.78. The fraction of sp³-hybridized carbons (Fsp3) is 0.0455. The molecule has 2 nitrogen and oxygen atoms in total. The molecule has 0 unspecified atom stereocenters. The van der Waals surface area contributed by atoms with E-state index in [2.05, 4.69) is 28.8 Å². The molecule has 0 aliphatic rings. The van der Waals surface area contributed by atoms with Gasteiger partial charge in [-0.1, -0.05) is 77.8 Å². The molecule has 4 aromatic rings. The number of hydrogen-bond donors (Lipinski definition) is 0. The van der Waals surface area contributed by atoms with E-state index in [1.54, 1.807) is 0 Å². The first-order chi connectivity index (χ1) is 12.7. The smallest absolute Gasteiger partial charge is 0.134 e. The molecule has 0 radical (unpaired) electrons. The highest BCUT2D eigenvalue weighted by Gasteiger charge is 2.09. The zero-order valence-electron chi connectivity index (χ0n) is 13.9. The molecule has 4 rings (SSSR count). The molecule has 3 aromatic carbocycles. The summed E-state index contributed by atoms with van der Waals surface area (Å²) in [5.74, 6) is 0.904. The Labute approximate surface area is 162 Å². The Morgan fingerprint density at radius 1 is 0.808 bits per heavy atom. The van der Waals surface area contributed by atoms with E-state index < -0.39 is 0 Å². The van der Waals surface area contributed by atoms with Gasteiger partial charge in [0, 0.05) is 6.54 Å². The molecule has 0 atom stereocenters. The average Bonchev–Trinajstić information content (AvgIpc) is 3.01. The van der Waals surface area contributed by atoms with Gasteiger partial charge >= 0.3 is 0 Å². The number of rotatable bonds is 4. The van der Waals surface area contributed by atoms with E-state index in [0.29, 0.717) is 16.6 Å². The summed E-state index contributed by atoms with van der Waals surface area (Å²) >= 11 is 12.2. The minimum Gasteiger partial charge on any atom is -0.320 e. The highest BCUT2D eigenvalue weighted by atomic mass is 35.5. The van der Waals surface area contributed by atoms with E-state index in [1.165, 1.54) is 0 Å². The minimum absolute atomic E-state index is 0.565. The highest BCUT2D eigenvalue weighted by Crippen LogP contribution is 2.25. The van der Waals surface area contributed by atoms with Gasteiger partial charge in [0.1, 0.15) is 5.82 Å². The Hall–Kier alpha value is -2.55. The van der Waals surface area contributed by atoms with Gasteiger partial charge in [-0.25, -0.2) is 4.98 Å². The van der Waals surface area contributed by atoms with Crippen molar-refractivity contribution in [2.24, 2.45) is 0 Å². The van der Waals surface area contributed by atoms with Crippen molar-refractivity contribution in [3.05, 3.63) is 99.8 Å². The topological polar surface area (TPSA) is 17.8 Å². The summed E-state index contributed by atoms with van der Waals surface area (Å²) in [6, 6.07) is 24.1. The van der Waals surface area contributed by atoms with Gasteiger partial charge in [-0.2, -0.15) is 0 Å². The number of aromatic nitrogens is 2. The molecule has 1 heterocycles. The lowest BCUT2D eigenvalue weighted by Gasteiger charge is -2.08. The van der Waals surface area contributed by atoms with Crippen LogP contribution in [0.2, 0.25) is 10.0 Å². The maximum absolute atomic E-state index is 6.18. The van der Waals surface area contributed by atoms with E-state index >= 15 is 0 Å². The molecule has 128 valence electrons. The van der Waals surface area contributed by atoms with Gasteiger partial charge in [0.05, 0.1) is 21.1 Å². The van der Waals surface area contributed by atoms with Crippen molar-refractivity contribution in [1.82, 2.24) is 9.55 Å².